The Kier molecular flexibility index (Phi) is 4.98. The Morgan fingerprint density at radius 2 is 2.17 bits per heavy atom. The fourth-order valence-corrected chi connectivity index (χ4v) is 2.15. The van der Waals surface area contributed by atoms with E-state index in [2.05, 4.69) is 0 Å². The van der Waals surface area contributed by atoms with Gasteiger partial charge in [-0.3, -0.25) is 5.41 Å². The molecule has 18 heavy (non-hydrogen) atoms. The first-order valence-electron chi connectivity index (χ1n) is 5.24. The van der Waals surface area contributed by atoms with Gasteiger partial charge in [0.1, 0.15) is 21.4 Å². The third-order valence-electron chi connectivity index (χ3n) is 2.15. The molecule has 0 aromatic heterocycles. The number of sulfone groups is 1. The van der Waals surface area contributed by atoms with Gasteiger partial charge in [0, 0.05) is 11.3 Å². The molecule has 0 fully saturated rings. The Bertz CT molecular complexity index is 543. The van der Waals surface area contributed by atoms with Crippen molar-refractivity contribution in [1.29, 1.82) is 5.41 Å². The molecule has 0 atom stereocenters. The number of ether oxygens (including phenoxy) is 1. The fraction of sp³-hybridized carbons (Fsp3) is 0.364. The highest BCUT2D eigenvalue weighted by Gasteiger charge is 2.08. The van der Waals surface area contributed by atoms with Crippen molar-refractivity contribution in [3.63, 3.8) is 0 Å². The van der Waals surface area contributed by atoms with Gasteiger partial charge in [-0.25, -0.2) is 8.42 Å². The third-order valence-corrected chi connectivity index (χ3v) is 3.42. The van der Waals surface area contributed by atoms with Gasteiger partial charge in [-0.1, -0.05) is 11.6 Å². The minimum Gasteiger partial charge on any atom is -0.493 e. The zero-order valence-electron chi connectivity index (χ0n) is 9.94. The topological polar surface area (TPSA) is 93.2 Å². The van der Waals surface area contributed by atoms with Gasteiger partial charge >= 0.3 is 0 Å². The van der Waals surface area contributed by atoms with Gasteiger partial charge in [0.2, 0.25) is 0 Å². The monoisotopic (exact) mass is 290 g/mol. The molecule has 0 spiro atoms. The van der Waals surface area contributed by atoms with Gasteiger partial charge < -0.3 is 10.5 Å². The number of nitrogens with one attached hydrogen (secondary N) is 1. The second-order valence-electron chi connectivity index (χ2n) is 3.89. The first-order chi connectivity index (χ1) is 8.29. The van der Waals surface area contributed by atoms with Crippen LogP contribution in [0.1, 0.15) is 12.0 Å². The highest BCUT2D eigenvalue weighted by atomic mass is 35.5. The van der Waals surface area contributed by atoms with Crippen molar-refractivity contribution in [1.82, 2.24) is 0 Å². The quantitative estimate of drug-likeness (QED) is 0.471. The molecule has 3 N–H and O–H groups in total. The summed E-state index contributed by atoms with van der Waals surface area (Å²) in [5, 5.41) is 7.86. The Balaban J connectivity index is 2.66. The van der Waals surface area contributed by atoms with Crippen molar-refractivity contribution in [2.24, 2.45) is 5.73 Å². The predicted octanol–water partition coefficient (Wildman–Crippen LogP) is 1.44. The van der Waals surface area contributed by atoms with Crippen LogP contribution < -0.4 is 10.5 Å². The van der Waals surface area contributed by atoms with E-state index in [9.17, 15) is 8.42 Å². The number of halogens is 1. The van der Waals surface area contributed by atoms with E-state index in [0.29, 0.717) is 22.8 Å². The smallest absolute Gasteiger partial charge is 0.147 e. The van der Waals surface area contributed by atoms with Crippen molar-refractivity contribution in [3.05, 3.63) is 28.8 Å². The van der Waals surface area contributed by atoms with E-state index in [-0.39, 0.29) is 18.2 Å². The molecule has 0 aliphatic carbocycles. The molecule has 1 rings (SSSR count). The average Bonchev–Trinajstić information content (AvgIpc) is 2.22. The van der Waals surface area contributed by atoms with Crippen LogP contribution in [0.25, 0.3) is 0 Å². The Morgan fingerprint density at radius 3 is 2.72 bits per heavy atom. The molecular weight excluding hydrogens is 276 g/mol. The van der Waals surface area contributed by atoms with Gasteiger partial charge in [-0.2, -0.15) is 0 Å². The first-order valence-corrected chi connectivity index (χ1v) is 7.68. The summed E-state index contributed by atoms with van der Waals surface area (Å²) < 4.78 is 27.3. The molecule has 0 saturated heterocycles. The molecule has 0 radical (unpaired) electrons. The van der Waals surface area contributed by atoms with E-state index >= 15 is 0 Å². The van der Waals surface area contributed by atoms with Crippen LogP contribution in [0.2, 0.25) is 5.02 Å². The lowest BCUT2D eigenvalue weighted by Crippen LogP contribution is -2.14. The summed E-state index contributed by atoms with van der Waals surface area (Å²) >= 11 is 5.82. The summed E-state index contributed by atoms with van der Waals surface area (Å²) in [4.78, 5) is 0. The van der Waals surface area contributed by atoms with Crippen LogP contribution in [0.4, 0.5) is 0 Å². The van der Waals surface area contributed by atoms with E-state index in [4.69, 9.17) is 27.5 Å². The predicted molar refractivity (Wildman–Crippen MR) is 72.3 cm³/mol. The SMILES string of the molecule is CS(=O)(=O)CCCOc1cc(Cl)ccc1C(=N)N. The van der Waals surface area contributed by atoms with E-state index in [1.807, 2.05) is 0 Å². The highest BCUT2D eigenvalue weighted by Crippen LogP contribution is 2.23. The first kappa shape index (κ1) is 14.8. The second kappa shape index (κ2) is 6.06. The van der Waals surface area contributed by atoms with Crippen molar-refractivity contribution in [3.8, 4) is 5.75 Å². The van der Waals surface area contributed by atoms with Crippen LogP contribution in [0.5, 0.6) is 5.75 Å². The molecule has 0 amide bonds. The van der Waals surface area contributed by atoms with Crippen molar-refractivity contribution in [2.75, 3.05) is 18.6 Å². The molecular formula is C11H15ClN2O3S. The minimum absolute atomic E-state index is 0.0585. The van der Waals surface area contributed by atoms with Crippen molar-refractivity contribution < 1.29 is 13.2 Å². The maximum atomic E-state index is 10.9. The van der Waals surface area contributed by atoms with Crippen molar-refractivity contribution >= 4 is 27.3 Å². The van der Waals surface area contributed by atoms with Gasteiger partial charge in [0.05, 0.1) is 17.9 Å². The summed E-state index contributed by atoms with van der Waals surface area (Å²) in [6.07, 6.45) is 1.55. The maximum absolute atomic E-state index is 10.9. The molecule has 7 heteroatoms. The second-order valence-corrected chi connectivity index (χ2v) is 6.58. The fourth-order valence-electron chi connectivity index (χ4n) is 1.34. The van der Waals surface area contributed by atoms with E-state index in [1.165, 1.54) is 6.26 Å². The number of nitrogens with two attached hydrogens (primary N) is 1. The highest BCUT2D eigenvalue weighted by molar-refractivity contribution is 7.90. The average molecular weight is 291 g/mol. The van der Waals surface area contributed by atoms with E-state index in [0.717, 1.165) is 0 Å². The zero-order valence-corrected chi connectivity index (χ0v) is 11.5. The summed E-state index contributed by atoms with van der Waals surface area (Å²) in [6.45, 7) is 0.230. The maximum Gasteiger partial charge on any atom is 0.147 e. The number of amidine groups is 1. The van der Waals surface area contributed by atoms with Gasteiger partial charge in [0.25, 0.3) is 0 Å². The molecule has 0 aliphatic rings. The standard InChI is InChI=1S/C11H15ClN2O3S/c1-18(15,16)6-2-5-17-10-7-8(12)3-4-9(10)11(13)14/h3-4,7H,2,5-6H2,1H3,(H3,13,14). The normalized spacial score (nSPS) is 11.2. The molecule has 0 unspecified atom stereocenters. The molecule has 1 aromatic rings. The molecule has 0 saturated carbocycles. The number of nitrogen functional groups attached to an aromatic ring is 1. The lowest BCUT2D eigenvalue weighted by molar-refractivity contribution is 0.317. The molecule has 1 aromatic carbocycles. The number of benzene rings is 1. The largest absolute Gasteiger partial charge is 0.493 e. The van der Waals surface area contributed by atoms with Gasteiger partial charge in [-0.05, 0) is 24.6 Å². The van der Waals surface area contributed by atoms with Gasteiger partial charge in [0.15, 0.2) is 0 Å². The lowest BCUT2D eigenvalue weighted by Gasteiger charge is -2.10. The summed E-state index contributed by atoms with van der Waals surface area (Å²) in [6, 6.07) is 4.76. The van der Waals surface area contributed by atoms with Crippen LogP contribution in [0, 0.1) is 5.41 Å². The molecule has 5 nitrogen and oxygen atoms in total. The molecule has 100 valence electrons. The van der Waals surface area contributed by atoms with Crippen LogP contribution in [-0.2, 0) is 9.84 Å². The summed E-state index contributed by atoms with van der Waals surface area (Å²) in [5.74, 6) is 0.330. The zero-order chi connectivity index (χ0) is 13.8. The summed E-state index contributed by atoms with van der Waals surface area (Å²) in [5.41, 5.74) is 5.85. The number of rotatable bonds is 6. The Morgan fingerprint density at radius 1 is 1.50 bits per heavy atom. The minimum atomic E-state index is -2.99. The number of hydrogen-bond acceptors (Lipinski definition) is 4. The van der Waals surface area contributed by atoms with Crippen LogP contribution in [0.3, 0.4) is 0 Å². The van der Waals surface area contributed by atoms with Crippen molar-refractivity contribution in [2.45, 2.75) is 6.42 Å². The lowest BCUT2D eigenvalue weighted by atomic mass is 10.2. The van der Waals surface area contributed by atoms with E-state index < -0.39 is 9.84 Å². The number of hydrogen-bond donors (Lipinski definition) is 2. The summed E-state index contributed by atoms with van der Waals surface area (Å²) in [7, 11) is -2.99. The molecule has 0 heterocycles. The van der Waals surface area contributed by atoms with Crippen LogP contribution in [0.15, 0.2) is 18.2 Å². The molecule has 0 bridgehead atoms. The van der Waals surface area contributed by atoms with Gasteiger partial charge in [-0.15, -0.1) is 0 Å². The Labute approximate surface area is 111 Å². The molecule has 0 aliphatic heterocycles. The Hall–Kier alpha value is -1.27. The van der Waals surface area contributed by atoms with E-state index in [1.54, 1.807) is 18.2 Å². The third kappa shape index (κ3) is 4.93. The van der Waals surface area contributed by atoms with Crippen LogP contribution >= 0.6 is 11.6 Å². The van der Waals surface area contributed by atoms with Crippen LogP contribution in [-0.4, -0.2) is 32.9 Å².